The van der Waals surface area contributed by atoms with Crippen molar-refractivity contribution in [1.82, 2.24) is 9.80 Å². The Morgan fingerprint density at radius 3 is 2.50 bits per heavy atom. The summed E-state index contributed by atoms with van der Waals surface area (Å²) >= 11 is 0. The van der Waals surface area contributed by atoms with Gasteiger partial charge >= 0.3 is 12.0 Å². The first-order chi connectivity index (χ1) is 8.63. The van der Waals surface area contributed by atoms with Gasteiger partial charge < -0.3 is 14.5 Å². The van der Waals surface area contributed by atoms with Gasteiger partial charge in [-0.05, 0) is 33.6 Å². The first-order valence-electron chi connectivity index (χ1n) is 6.84. The number of esters is 1. The van der Waals surface area contributed by atoms with E-state index in [1.807, 2.05) is 13.8 Å². The van der Waals surface area contributed by atoms with Crippen LogP contribution >= 0.6 is 0 Å². The van der Waals surface area contributed by atoms with Crippen LogP contribution in [0.25, 0.3) is 0 Å². The molecule has 1 saturated heterocycles. The lowest BCUT2D eigenvalue weighted by Gasteiger charge is -2.35. The number of nitrogens with zero attached hydrogens (tertiary/aromatic N) is 2. The number of hydrogen-bond donors (Lipinski definition) is 0. The van der Waals surface area contributed by atoms with Gasteiger partial charge in [0.2, 0.25) is 0 Å². The Hall–Kier alpha value is -1.26. The zero-order valence-electron chi connectivity index (χ0n) is 11.6. The minimum Gasteiger partial charge on any atom is -0.466 e. The monoisotopic (exact) mass is 256 g/mol. The van der Waals surface area contributed by atoms with E-state index in [0.29, 0.717) is 26.2 Å². The van der Waals surface area contributed by atoms with Crippen LogP contribution in [-0.2, 0) is 9.53 Å². The van der Waals surface area contributed by atoms with Crippen molar-refractivity contribution in [2.24, 2.45) is 5.92 Å². The van der Waals surface area contributed by atoms with Crippen LogP contribution in [0.1, 0.15) is 33.6 Å². The molecule has 5 nitrogen and oxygen atoms in total. The van der Waals surface area contributed by atoms with E-state index in [1.165, 1.54) is 0 Å². The number of carbonyl (C=O) groups is 2. The third kappa shape index (κ3) is 3.62. The van der Waals surface area contributed by atoms with Crippen molar-refractivity contribution in [2.75, 3.05) is 32.8 Å². The molecular weight excluding hydrogens is 232 g/mol. The van der Waals surface area contributed by atoms with E-state index in [4.69, 9.17) is 4.74 Å². The maximum atomic E-state index is 12.2. The van der Waals surface area contributed by atoms with E-state index in [1.54, 1.807) is 16.7 Å². The number of likely N-dealkylation sites (tertiary alicyclic amines) is 1. The summed E-state index contributed by atoms with van der Waals surface area (Å²) < 4.78 is 5.03. The van der Waals surface area contributed by atoms with Gasteiger partial charge in [0.1, 0.15) is 0 Å². The van der Waals surface area contributed by atoms with Crippen LogP contribution in [0.2, 0.25) is 0 Å². The molecule has 0 aromatic rings. The van der Waals surface area contributed by atoms with Gasteiger partial charge in [0.15, 0.2) is 0 Å². The lowest BCUT2D eigenvalue weighted by molar-refractivity contribution is -0.149. The Balaban J connectivity index is 2.57. The maximum absolute atomic E-state index is 12.2. The van der Waals surface area contributed by atoms with Crippen LogP contribution in [0.5, 0.6) is 0 Å². The number of ether oxygens (including phenoxy) is 1. The highest BCUT2D eigenvalue weighted by atomic mass is 16.5. The summed E-state index contributed by atoms with van der Waals surface area (Å²) in [6.45, 7) is 8.78. The third-order valence-corrected chi connectivity index (χ3v) is 3.35. The van der Waals surface area contributed by atoms with E-state index >= 15 is 0 Å². The zero-order chi connectivity index (χ0) is 13.5. The van der Waals surface area contributed by atoms with Crippen molar-refractivity contribution in [3.05, 3.63) is 0 Å². The fraction of sp³-hybridized carbons (Fsp3) is 0.846. The topological polar surface area (TPSA) is 49.9 Å². The second-order valence-electron chi connectivity index (χ2n) is 4.49. The van der Waals surface area contributed by atoms with E-state index in [9.17, 15) is 9.59 Å². The molecule has 0 spiro atoms. The van der Waals surface area contributed by atoms with E-state index < -0.39 is 0 Å². The smallest absolute Gasteiger partial charge is 0.320 e. The summed E-state index contributed by atoms with van der Waals surface area (Å²) in [7, 11) is 0. The molecule has 1 aliphatic rings. The van der Waals surface area contributed by atoms with E-state index in [-0.39, 0.29) is 17.9 Å². The fourth-order valence-electron chi connectivity index (χ4n) is 2.30. The number of piperidine rings is 1. The second-order valence-corrected chi connectivity index (χ2v) is 4.49. The Labute approximate surface area is 109 Å². The van der Waals surface area contributed by atoms with Gasteiger partial charge in [-0.25, -0.2) is 4.79 Å². The SMILES string of the molecule is CCOC(=O)[C@@H]1CCCN(C(=O)N(CC)CC)C1. The number of carbonyl (C=O) groups excluding carboxylic acids is 2. The van der Waals surface area contributed by atoms with E-state index in [2.05, 4.69) is 0 Å². The normalized spacial score (nSPS) is 19.5. The second kappa shape index (κ2) is 7.24. The minimum absolute atomic E-state index is 0.0361. The average molecular weight is 256 g/mol. The molecule has 18 heavy (non-hydrogen) atoms. The highest BCUT2D eigenvalue weighted by molar-refractivity contribution is 5.77. The lowest BCUT2D eigenvalue weighted by Crippen LogP contribution is -2.48. The molecule has 0 unspecified atom stereocenters. The molecule has 0 radical (unpaired) electrons. The molecule has 1 aliphatic heterocycles. The summed E-state index contributed by atoms with van der Waals surface area (Å²) in [5.41, 5.74) is 0. The van der Waals surface area contributed by atoms with Gasteiger partial charge in [0.05, 0.1) is 12.5 Å². The molecule has 0 aromatic heterocycles. The molecule has 0 aromatic carbocycles. The van der Waals surface area contributed by atoms with Crippen molar-refractivity contribution in [3.8, 4) is 0 Å². The van der Waals surface area contributed by atoms with Crippen LogP contribution in [-0.4, -0.2) is 54.6 Å². The van der Waals surface area contributed by atoms with Crippen molar-refractivity contribution in [3.63, 3.8) is 0 Å². The molecular formula is C13H24N2O3. The third-order valence-electron chi connectivity index (χ3n) is 3.35. The quantitative estimate of drug-likeness (QED) is 0.720. The Bertz CT molecular complexity index is 290. The summed E-state index contributed by atoms with van der Waals surface area (Å²) in [6.07, 6.45) is 1.69. The molecule has 1 fully saturated rings. The number of urea groups is 1. The van der Waals surface area contributed by atoms with Crippen molar-refractivity contribution in [2.45, 2.75) is 33.6 Å². The fourth-order valence-corrected chi connectivity index (χ4v) is 2.30. The van der Waals surface area contributed by atoms with Gasteiger partial charge in [-0.2, -0.15) is 0 Å². The molecule has 0 saturated carbocycles. The zero-order valence-corrected chi connectivity index (χ0v) is 11.6. The molecule has 104 valence electrons. The Kier molecular flexibility index (Phi) is 5.95. The molecule has 0 bridgehead atoms. The van der Waals surface area contributed by atoms with Gasteiger partial charge in [-0.15, -0.1) is 0 Å². The van der Waals surface area contributed by atoms with Gasteiger partial charge in [-0.3, -0.25) is 4.79 Å². The Morgan fingerprint density at radius 1 is 1.28 bits per heavy atom. The van der Waals surface area contributed by atoms with Gasteiger partial charge in [-0.1, -0.05) is 0 Å². The molecule has 5 heteroatoms. The molecule has 0 N–H and O–H groups in total. The molecule has 1 heterocycles. The first kappa shape index (κ1) is 14.8. The lowest BCUT2D eigenvalue weighted by atomic mass is 9.98. The van der Waals surface area contributed by atoms with Crippen LogP contribution in [0.3, 0.4) is 0 Å². The summed E-state index contributed by atoms with van der Waals surface area (Å²) in [6, 6.07) is 0.0361. The van der Waals surface area contributed by atoms with Crippen LogP contribution in [0.15, 0.2) is 0 Å². The molecule has 0 aliphatic carbocycles. The molecule has 1 atom stereocenters. The minimum atomic E-state index is -0.172. The van der Waals surface area contributed by atoms with Crippen LogP contribution < -0.4 is 0 Å². The largest absolute Gasteiger partial charge is 0.466 e. The summed E-state index contributed by atoms with van der Waals surface area (Å²) in [5, 5.41) is 0. The number of rotatable bonds is 4. The van der Waals surface area contributed by atoms with Crippen molar-refractivity contribution in [1.29, 1.82) is 0 Å². The van der Waals surface area contributed by atoms with E-state index in [0.717, 1.165) is 19.4 Å². The number of amides is 2. The number of hydrogen-bond acceptors (Lipinski definition) is 3. The van der Waals surface area contributed by atoms with Crippen LogP contribution in [0, 0.1) is 5.92 Å². The summed E-state index contributed by atoms with van der Waals surface area (Å²) in [5.74, 6) is -0.326. The predicted octanol–water partition coefficient (Wildman–Crippen LogP) is 1.72. The van der Waals surface area contributed by atoms with Crippen LogP contribution in [0.4, 0.5) is 4.79 Å². The first-order valence-corrected chi connectivity index (χ1v) is 6.84. The Morgan fingerprint density at radius 2 is 1.94 bits per heavy atom. The van der Waals surface area contributed by atoms with Crippen molar-refractivity contribution >= 4 is 12.0 Å². The molecule has 1 rings (SSSR count). The highest BCUT2D eigenvalue weighted by Gasteiger charge is 2.30. The molecule has 2 amide bonds. The predicted molar refractivity (Wildman–Crippen MR) is 69.2 cm³/mol. The maximum Gasteiger partial charge on any atom is 0.320 e. The van der Waals surface area contributed by atoms with Crippen molar-refractivity contribution < 1.29 is 14.3 Å². The highest BCUT2D eigenvalue weighted by Crippen LogP contribution is 2.19. The van der Waals surface area contributed by atoms with Gasteiger partial charge in [0.25, 0.3) is 0 Å². The summed E-state index contributed by atoms with van der Waals surface area (Å²) in [4.78, 5) is 27.4. The standard InChI is InChI=1S/C13H24N2O3/c1-4-14(5-2)13(17)15-9-7-8-11(10-15)12(16)18-6-3/h11H,4-10H2,1-3H3/t11-/m1/s1. The average Bonchev–Trinajstić information content (AvgIpc) is 2.40. The van der Waals surface area contributed by atoms with Gasteiger partial charge in [0, 0.05) is 26.2 Å².